The highest BCUT2D eigenvalue weighted by Crippen LogP contribution is 2.38. The molecule has 0 amide bonds. The third-order valence-corrected chi connectivity index (χ3v) is 9.03. The van der Waals surface area contributed by atoms with Crippen molar-refractivity contribution < 1.29 is 9.53 Å². The smallest absolute Gasteiger partial charge is 0.227 e. The molecule has 8 heteroatoms. The zero-order chi connectivity index (χ0) is 40.3. The van der Waals surface area contributed by atoms with Crippen LogP contribution in [0.1, 0.15) is 117 Å². The van der Waals surface area contributed by atoms with Crippen LogP contribution in [0.3, 0.4) is 0 Å². The van der Waals surface area contributed by atoms with Gasteiger partial charge in [-0.3, -0.25) is 4.79 Å². The summed E-state index contributed by atoms with van der Waals surface area (Å²) in [6, 6.07) is 12.8. The van der Waals surface area contributed by atoms with E-state index in [1.165, 1.54) is 59.6 Å². The Morgan fingerprint density at radius 2 is 1.66 bits per heavy atom. The number of aryl methyl sites for hydroxylation is 1. The first-order valence-electron chi connectivity index (χ1n) is 19.6. The van der Waals surface area contributed by atoms with Crippen LogP contribution in [-0.2, 0) is 11.2 Å². The van der Waals surface area contributed by atoms with E-state index >= 15 is 0 Å². The van der Waals surface area contributed by atoms with Gasteiger partial charge < -0.3 is 25.6 Å². The van der Waals surface area contributed by atoms with E-state index in [0.29, 0.717) is 18.2 Å². The number of anilines is 4. The maximum Gasteiger partial charge on any atom is 0.227 e. The van der Waals surface area contributed by atoms with E-state index in [-0.39, 0.29) is 0 Å². The molecule has 1 unspecified atom stereocenters. The Kier molecular flexibility index (Phi) is 26.1. The predicted octanol–water partition coefficient (Wildman–Crippen LogP) is 11.3. The van der Waals surface area contributed by atoms with Crippen molar-refractivity contribution >= 4 is 34.9 Å². The maximum absolute atomic E-state index is 9.06. The van der Waals surface area contributed by atoms with Crippen LogP contribution in [0.15, 0.2) is 60.8 Å². The van der Waals surface area contributed by atoms with Crippen molar-refractivity contribution in [3.63, 3.8) is 0 Å². The van der Waals surface area contributed by atoms with E-state index in [4.69, 9.17) is 14.5 Å². The number of unbranched alkanes of at least 4 members (excludes halogenated alkanes) is 1. The van der Waals surface area contributed by atoms with Crippen LogP contribution in [-0.4, -0.2) is 57.6 Å². The minimum Gasteiger partial charge on any atom is -0.494 e. The fraction of sp³-hybridized carbons (Fsp3) is 0.533. The Morgan fingerprint density at radius 1 is 1.02 bits per heavy atom. The van der Waals surface area contributed by atoms with Crippen molar-refractivity contribution in [3.05, 3.63) is 83.2 Å². The second-order valence-electron chi connectivity index (χ2n) is 13.7. The topological polar surface area (TPSA) is 91.4 Å². The number of carbonyl (C=O) groups excluding carboxylic acids is 1. The molecule has 0 saturated heterocycles. The molecular formula is C45H74N6O2. The Morgan fingerprint density at radius 3 is 2.17 bits per heavy atom. The number of hydrogen-bond acceptors (Lipinski definition) is 8. The van der Waals surface area contributed by atoms with Crippen molar-refractivity contribution in [2.75, 3.05) is 56.9 Å². The average molecular weight is 731 g/mol. The van der Waals surface area contributed by atoms with Crippen LogP contribution in [0.25, 0.3) is 5.57 Å². The molecule has 0 spiro atoms. The van der Waals surface area contributed by atoms with Gasteiger partial charge in [-0.2, -0.15) is 0 Å². The van der Waals surface area contributed by atoms with Gasteiger partial charge in [0.1, 0.15) is 12.0 Å². The van der Waals surface area contributed by atoms with Crippen molar-refractivity contribution in [1.29, 1.82) is 0 Å². The minimum absolute atomic E-state index is 0.431. The SMILES string of the molecule is C=CC=O.CCC.CCC(C)C.CCCCc1cccc(/C(=C(/C)C(C)CC)c2ccnc(Nc3cc(NC)c(N(C)CCNC)cc3OC)n2)c1C. The first-order valence-corrected chi connectivity index (χ1v) is 19.6. The first kappa shape index (κ1) is 48.8. The summed E-state index contributed by atoms with van der Waals surface area (Å²) in [4.78, 5) is 20.9. The number of rotatable bonds is 17. The Balaban J connectivity index is 0.00000196. The lowest BCUT2D eigenvalue weighted by atomic mass is 9.85. The number of benzene rings is 2. The monoisotopic (exact) mass is 731 g/mol. The van der Waals surface area contributed by atoms with Gasteiger partial charge in [0, 0.05) is 45.0 Å². The summed E-state index contributed by atoms with van der Waals surface area (Å²) in [5, 5.41) is 10.00. The van der Waals surface area contributed by atoms with Crippen LogP contribution in [0, 0.1) is 18.8 Å². The molecule has 53 heavy (non-hydrogen) atoms. The average Bonchev–Trinajstić information content (AvgIpc) is 3.17. The van der Waals surface area contributed by atoms with Gasteiger partial charge in [0.05, 0.1) is 29.9 Å². The van der Waals surface area contributed by atoms with Crippen LogP contribution in [0.5, 0.6) is 5.75 Å². The predicted molar refractivity (Wildman–Crippen MR) is 233 cm³/mol. The van der Waals surface area contributed by atoms with Gasteiger partial charge in [-0.1, -0.05) is 105 Å². The molecule has 1 aromatic heterocycles. The van der Waals surface area contributed by atoms with E-state index in [9.17, 15) is 0 Å². The molecule has 0 aliphatic heterocycles. The van der Waals surface area contributed by atoms with E-state index in [2.05, 4.69) is 139 Å². The number of nitrogens with zero attached hydrogens (tertiary/aromatic N) is 3. The number of hydrogen-bond donors (Lipinski definition) is 3. The van der Waals surface area contributed by atoms with Crippen molar-refractivity contribution in [2.45, 2.75) is 108 Å². The molecule has 0 aliphatic rings. The molecule has 0 saturated carbocycles. The molecule has 3 aromatic rings. The molecule has 296 valence electrons. The third-order valence-electron chi connectivity index (χ3n) is 9.03. The summed E-state index contributed by atoms with van der Waals surface area (Å²) < 4.78 is 5.81. The summed E-state index contributed by atoms with van der Waals surface area (Å²) >= 11 is 0. The number of methoxy groups -OCH3 is 1. The number of ether oxygens (including phenoxy) is 1. The minimum atomic E-state index is 0.431. The van der Waals surface area contributed by atoms with Gasteiger partial charge >= 0.3 is 0 Å². The Labute approximate surface area is 324 Å². The maximum atomic E-state index is 9.06. The number of aromatic nitrogens is 2. The van der Waals surface area contributed by atoms with Crippen LogP contribution in [0.2, 0.25) is 0 Å². The van der Waals surface area contributed by atoms with E-state index < -0.39 is 0 Å². The van der Waals surface area contributed by atoms with Crippen LogP contribution < -0.4 is 25.6 Å². The quantitative estimate of drug-likeness (QED) is 0.0934. The van der Waals surface area contributed by atoms with E-state index in [1.807, 2.05) is 26.4 Å². The van der Waals surface area contributed by atoms with Gasteiger partial charge in [-0.05, 0) is 86.9 Å². The lowest BCUT2D eigenvalue weighted by Gasteiger charge is -2.24. The number of aldehydes is 1. The Bertz CT molecular complexity index is 1490. The third kappa shape index (κ3) is 17.0. The summed E-state index contributed by atoms with van der Waals surface area (Å²) in [6.07, 6.45) is 10.8. The second-order valence-corrected chi connectivity index (χ2v) is 13.7. The molecule has 3 rings (SSSR count). The molecular weight excluding hydrogens is 657 g/mol. The molecule has 0 bridgehead atoms. The molecule has 0 radical (unpaired) electrons. The van der Waals surface area contributed by atoms with Gasteiger partial charge in [0.2, 0.25) is 5.95 Å². The zero-order valence-corrected chi connectivity index (χ0v) is 35.9. The fourth-order valence-corrected chi connectivity index (χ4v) is 5.13. The van der Waals surface area contributed by atoms with Gasteiger partial charge in [-0.15, -0.1) is 0 Å². The first-order chi connectivity index (χ1) is 25.4. The summed E-state index contributed by atoms with van der Waals surface area (Å²) in [7, 11) is 7.67. The standard InChI is InChI=1S/C34H50N6O.C5H12.C3H4O.C3H8/c1-10-12-14-26-15-13-16-27(25(26)5)33(24(4)23(3)11-2)28-17-18-37-34(38-28)39-30-21-29(36-7)31(22-32(30)41-9)40(8)20-19-35-6;1-4-5(2)3;1-2-3-4;1-3-2/h13,15-18,21-23,35-36H,10-12,14,19-20H2,1-9H3,(H,37,38,39);5H,4H2,1-3H3;2-3H,1H2;3H2,1-2H3/b33-24+;;;. The molecule has 1 atom stereocenters. The molecule has 0 aliphatic carbocycles. The van der Waals surface area contributed by atoms with Crippen LogP contribution in [0.4, 0.5) is 23.0 Å². The normalized spacial score (nSPS) is 11.3. The van der Waals surface area contributed by atoms with Crippen molar-refractivity contribution in [3.8, 4) is 5.75 Å². The summed E-state index contributed by atoms with van der Waals surface area (Å²) in [5.41, 5.74) is 10.3. The highest BCUT2D eigenvalue weighted by atomic mass is 16.5. The molecule has 3 N–H and O–H groups in total. The van der Waals surface area contributed by atoms with E-state index in [0.717, 1.165) is 60.4 Å². The number of allylic oxidation sites excluding steroid dienone is 2. The molecule has 1 heterocycles. The summed E-state index contributed by atoms with van der Waals surface area (Å²) in [6.45, 7) is 27.1. The van der Waals surface area contributed by atoms with E-state index in [1.54, 1.807) is 7.11 Å². The van der Waals surface area contributed by atoms with Crippen LogP contribution >= 0.6 is 0 Å². The molecule has 8 nitrogen and oxygen atoms in total. The van der Waals surface area contributed by atoms with Gasteiger partial charge in [0.25, 0.3) is 0 Å². The fourth-order valence-electron chi connectivity index (χ4n) is 5.13. The van der Waals surface area contributed by atoms with Gasteiger partial charge in [-0.25, -0.2) is 9.97 Å². The molecule has 2 aromatic carbocycles. The van der Waals surface area contributed by atoms with Gasteiger partial charge in [0.15, 0.2) is 0 Å². The van der Waals surface area contributed by atoms with Crippen molar-refractivity contribution in [2.24, 2.45) is 11.8 Å². The lowest BCUT2D eigenvalue weighted by Crippen LogP contribution is -2.27. The largest absolute Gasteiger partial charge is 0.494 e. The summed E-state index contributed by atoms with van der Waals surface area (Å²) in [5.74, 6) is 2.58. The lowest BCUT2D eigenvalue weighted by molar-refractivity contribution is -0.104. The highest BCUT2D eigenvalue weighted by Gasteiger charge is 2.19. The zero-order valence-electron chi connectivity index (χ0n) is 35.9. The number of carbonyl (C=O) groups is 1. The number of likely N-dealkylation sites (N-methyl/N-ethyl adjacent to an activating group) is 2. The highest BCUT2D eigenvalue weighted by molar-refractivity contribution is 5.84. The number of nitrogens with one attached hydrogen (secondary N) is 3. The second kappa shape index (κ2) is 28.3. The Hall–Kier alpha value is -4.17. The molecule has 0 fully saturated rings. The van der Waals surface area contributed by atoms with Crippen molar-refractivity contribution in [1.82, 2.24) is 15.3 Å².